The molecule has 0 saturated heterocycles. The number of nitrogens with two attached hydrogens (primary N) is 1. The molecule has 0 bridgehead atoms. The number of fused-ring (bicyclic) bond motifs is 3. The first-order chi connectivity index (χ1) is 13.1. The predicted molar refractivity (Wildman–Crippen MR) is 98.9 cm³/mol. The summed E-state index contributed by atoms with van der Waals surface area (Å²) in [5.74, 6) is -0.519. The third kappa shape index (κ3) is 2.89. The maximum absolute atomic E-state index is 12.0. The molecule has 7 heteroatoms. The van der Waals surface area contributed by atoms with Gasteiger partial charge in [-0.3, -0.25) is 4.79 Å². The van der Waals surface area contributed by atoms with E-state index in [2.05, 4.69) is 0 Å². The molecule has 27 heavy (non-hydrogen) atoms. The zero-order valence-electron chi connectivity index (χ0n) is 14.2. The van der Waals surface area contributed by atoms with Crippen LogP contribution in [0.2, 0.25) is 0 Å². The summed E-state index contributed by atoms with van der Waals surface area (Å²) in [7, 11) is 0. The lowest BCUT2D eigenvalue weighted by Gasteiger charge is -2.07. The molecule has 2 heterocycles. The average Bonchev–Trinajstić information content (AvgIpc) is 3.27. The maximum atomic E-state index is 12.0. The summed E-state index contributed by atoms with van der Waals surface area (Å²) in [5.41, 5.74) is 7.51. The molecule has 7 nitrogen and oxygen atoms in total. The van der Waals surface area contributed by atoms with Crippen molar-refractivity contribution in [3.63, 3.8) is 0 Å². The van der Waals surface area contributed by atoms with Gasteiger partial charge in [0, 0.05) is 10.9 Å². The minimum Gasteiger partial charge on any atom is -0.481 e. The van der Waals surface area contributed by atoms with E-state index >= 15 is 0 Å². The molecule has 0 aliphatic rings. The maximum Gasteiger partial charge on any atom is 0.341 e. The Kier molecular flexibility index (Phi) is 4.04. The van der Waals surface area contributed by atoms with Crippen molar-refractivity contribution < 1.29 is 23.8 Å². The molecule has 2 aromatic carbocycles. The number of aliphatic carboxylic acids is 1. The summed E-state index contributed by atoms with van der Waals surface area (Å²) in [4.78, 5) is 23.0. The molecule has 2 aromatic heterocycles. The molecular weight excluding hydrogens is 348 g/mol. The highest BCUT2D eigenvalue weighted by Crippen LogP contribution is 2.38. The monoisotopic (exact) mass is 364 g/mol. The van der Waals surface area contributed by atoms with Gasteiger partial charge in [0.1, 0.15) is 11.5 Å². The lowest BCUT2D eigenvalue weighted by Crippen LogP contribution is -2.11. The van der Waals surface area contributed by atoms with E-state index in [0.717, 1.165) is 16.8 Å². The molecule has 1 amide bonds. The van der Waals surface area contributed by atoms with Crippen LogP contribution in [0.4, 0.5) is 0 Å². The van der Waals surface area contributed by atoms with Crippen molar-refractivity contribution in [2.75, 3.05) is 6.61 Å². The molecule has 4 rings (SSSR count). The van der Waals surface area contributed by atoms with Gasteiger partial charge in [-0.25, -0.2) is 4.79 Å². The van der Waals surface area contributed by atoms with E-state index in [1.165, 1.54) is 0 Å². The Morgan fingerprint density at radius 2 is 1.78 bits per heavy atom. The predicted octanol–water partition coefficient (Wildman–Crippen LogP) is 3.00. The van der Waals surface area contributed by atoms with Crippen LogP contribution in [0.1, 0.15) is 16.1 Å². The topological polar surface area (TPSA) is 108 Å². The molecule has 0 radical (unpaired) electrons. The van der Waals surface area contributed by atoms with E-state index in [-0.39, 0.29) is 0 Å². The normalized spacial score (nSPS) is 11.1. The third-order valence-corrected chi connectivity index (χ3v) is 4.39. The van der Waals surface area contributed by atoms with Crippen LogP contribution in [0.3, 0.4) is 0 Å². The van der Waals surface area contributed by atoms with Gasteiger partial charge in [0.15, 0.2) is 6.61 Å². The Balaban J connectivity index is 2.04. The van der Waals surface area contributed by atoms with Gasteiger partial charge in [-0.1, -0.05) is 12.1 Å². The van der Waals surface area contributed by atoms with Crippen LogP contribution in [-0.2, 0) is 11.3 Å². The molecular formula is C20H16N2O5. The van der Waals surface area contributed by atoms with E-state index in [4.69, 9.17) is 20.0 Å². The number of hydrogen-bond acceptors (Lipinski definition) is 4. The fourth-order valence-corrected chi connectivity index (χ4v) is 3.35. The molecule has 0 unspecified atom stereocenters. The molecule has 136 valence electrons. The van der Waals surface area contributed by atoms with Gasteiger partial charge < -0.3 is 24.6 Å². The first-order valence-electron chi connectivity index (χ1n) is 8.27. The smallest absolute Gasteiger partial charge is 0.341 e. The molecule has 4 aromatic rings. The van der Waals surface area contributed by atoms with Crippen molar-refractivity contribution in [1.29, 1.82) is 0 Å². The van der Waals surface area contributed by atoms with Gasteiger partial charge in [-0.2, -0.15) is 0 Å². The molecule has 0 aliphatic carbocycles. The highest BCUT2D eigenvalue weighted by molar-refractivity contribution is 6.19. The SMILES string of the molecule is NC(=O)c1cccc2c1c1c(OCC(=O)O)cccc1n2Cc1ccco1. The number of carboxylic acids is 1. The number of ether oxygens (including phenoxy) is 1. The second-order valence-electron chi connectivity index (χ2n) is 6.06. The highest BCUT2D eigenvalue weighted by Gasteiger charge is 2.20. The lowest BCUT2D eigenvalue weighted by molar-refractivity contribution is -0.139. The van der Waals surface area contributed by atoms with Gasteiger partial charge in [-0.15, -0.1) is 0 Å². The summed E-state index contributed by atoms with van der Waals surface area (Å²) in [6.07, 6.45) is 1.60. The number of amides is 1. The summed E-state index contributed by atoms with van der Waals surface area (Å²) in [6.45, 7) is -0.0414. The van der Waals surface area contributed by atoms with Crippen LogP contribution in [0.5, 0.6) is 5.75 Å². The number of carbonyl (C=O) groups excluding carboxylic acids is 1. The van der Waals surface area contributed by atoms with Gasteiger partial charge in [0.2, 0.25) is 5.91 Å². The van der Waals surface area contributed by atoms with Gasteiger partial charge in [0.05, 0.1) is 29.2 Å². The Bertz CT molecular complexity index is 1160. The summed E-state index contributed by atoms with van der Waals surface area (Å²) in [6, 6.07) is 14.3. The fraction of sp³-hybridized carbons (Fsp3) is 0.100. The fourth-order valence-electron chi connectivity index (χ4n) is 3.35. The zero-order valence-corrected chi connectivity index (χ0v) is 14.2. The number of nitrogens with zero attached hydrogens (tertiary/aromatic N) is 1. The van der Waals surface area contributed by atoms with Crippen molar-refractivity contribution in [1.82, 2.24) is 4.57 Å². The Morgan fingerprint density at radius 1 is 1.04 bits per heavy atom. The van der Waals surface area contributed by atoms with E-state index in [0.29, 0.717) is 28.6 Å². The molecule has 0 atom stereocenters. The Morgan fingerprint density at radius 3 is 2.44 bits per heavy atom. The second-order valence-corrected chi connectivity index (χ2v) is 6.06. The Hall–Kier alpha value is -3.74. The number of furan rings is 1. The second kappa shape index (κ2) is 6.53. The summed E-state index contributed by atoms with van der Waals surface area (Å²) >= 11 is 0. The minimum atomic E-state index is -1.08. The number of hydrogen-bond donors (Lipinski definition) is 2. The van der Waals surface area contributed by atoms with Crippen LogP contribution < -0.4 is 10.5 Å². The summed E-state index contributed by atoms with van der Waals surface area (Å²) in [5, 5.41) is 10.2. The van der Waals surface area contributed by atoms with Crippen molar-refractivity contribution in [2.45, 2.75) is 6.54 Å². The van der Waals surface area contributed by atoms with Gasteiger partial charge in [-0.05, 0) is 36.4 Å². The van der Waals surface area contributed by atoms with E-state index in [1.807, 2.05) is 22.8 Å². The number of primary amides is 1. The number of aromatic nitrogens is 1. The molecule has 3 N–H and O–H groups in total. The van der Waals surface area contributed by atoms with Crippen LogP contribution >= 0.6 is 0 Å². The van der Waals surface area contributed by atoms with Crippen molar-refractivity contribution in [3.8, 4) is 5.75 Å². The van der Waals surface area contributed by atoms with Crippen LogP contribution in [0, 0.1) is 0 Å². The van der Waals surface area contributed by atoms with Gasteiger partial charge in [0.25, 0.3) is 0 Å². The standard InChI is InChI=1S/C20H16N2O5/c21-20(25)13-5-1-6-14-18(13)19-15(22(14)10-12-4-3-9-26-12)7-2-8-16(19)27-11-17(23)24/h1-9H,10-11H2,(H2,21,25)(H,23,24). The van der Waals surface area contributed by atoms with Crippen LogP contribution in [-0.4, -0.2) is 28.2 Å². The number of benzene rings is 2. The zero-order chi connectivity index (χ0) is 19.0. The van der Waals surface area contributed by atoms with Crippen LogP contribution in [0.25, 0.3) is 21.8 Å². The van der Waals surface area contributed by atoms with E-state index in [9.17, 15) is 9.59 Å². The molecule has 0 saturated carbocycles. The van der Waals surface area contributed by atoms with Crippen molar-refractivity contribution in [2.24, 2.45) is 5.73 Å². The van der Waals surface area contributed by atoms with Gasteiger partial charge >= 0.3 is 5.97 Å². The average molecular weight is 364 g/mol. The molecule has 0 aliphatic heterocycles. The number of rotatable bonds is 6. The van der Waals surface area contributed by atoms with Crippen LogP contribution in [0.15, 0.2) is 59.2 Å². The number of carbonyl (C=O) groups is 2. The quantitative estimate of drug-likeness (QED) is 0.547. The number of carboxylic acid groups (broad SMARTS) is 1. The van der Waals surface area contributed by atoms with E-state index < -0.39 is 18.5 Å². The molecule has 0 fully saturated rings. The first-order valence-corrected chi connectivity index (χ1v) is 8.27. The summed E-state index contributed by atoms with van der Waals surface area (Å²) < 4.78 is 12.9. The largest absolute Gasteiger partial charge is 0.481 e. The third-order valence-electron chi connectivity index (χ3n) is 4.39. The highest BCUT2D eigenvalue weighted by atomic mass is 16.5. The first kappa shape index (κ1) is 16.7. The lowest BCUT2D eigenvalue weighted by atomic mass is 10.1. The van der Waals surface area contributed by atoms with Crippen molar-refractivity contribution >= 4 is 33.7 Å². The minimum absolute atomic E-state index is 0.349. The molecule has 0 spiro atoms. The Labute approximate surface area is 153 Å². The van der Waals surface area contributed by atoms with E-state index in [1.54, 1.807) is 36.6 Å². The van der Waals surface area contributed by atoms with Crippen molar-refractivity contribution in [3.05, 3.63) is 66.1 Å².